The number of amides is 3. The standard InChI is InChI=1S/C26H23N3O3/c1-16(30)28-23-13-7-6-12-21(23)26(32)29-24(25(27)31)15-22-19-10-4-2-8-17(19)14-18-9-3-5-11-20(18)22/h2-14,24H,15H2,1H3,(H2,27,31)(H,28,30)(H,29,32)/t24-/m1/s1. The van der Waals surface area contributed by atoms with Gasteiger partial charge in [-0.1, -0.05) is 60.7 Å². The van der Waals surface area contributed by atoms with E-state index in [4.69, 9.17) is 5.73 Å². The monoisotopic (exact) mass is 425 g/mol. The SMILES string of the molecule is CC(=O)Nc1ccccc1C(=O)N[C@H](Cc1c2ccccc2cc2ccccc12)C(N)=O. The van der Waals surface area contributed by atoms with Crippen LogP contribution in [-0.4, -0.2) is 23.8 Å². The van der Waals surface area contributed by atoms with Gasteiger partial charge >= 0.3 is 0 Å². The molecule has 0 bridgehead atoms. The average Bonchev–Trinajstić information content (AvgIpc) is 2.78. The van der Waals surface area contributed by atoms with Gasteiger partial charge in [-0.15, -0.1) is 0 Å². The van der Waals surface area contributed by atoms with Crippen LogP contribution in [0.2, 0.25) is 0 Å². The number of hydrogen-bond acceptors (Lipinski definition) is 3. The molecule has 4 rings (SSSR count). The Morgan fingerprint density at radius 1 is 0.844 bits per heavy atom. The third-order valence-corrected chi connectivity index (χ3v) is 5.42. The molecular formula is C26H23N3O3. The minimum atomic E-state index is -0.929. The van der Waals surface area contributed by atoms with E-state index in [1.165, 1.54) is 6.92 Å². The fourth-order valence-corrected chi connectivity index (χ4v) is 3.97. The van der Waals surface area contributed by atoms with Crippen molar-refractivity contribution in [3.8, 4) is 0 Å². The molecule has 32 heavy (non-hydrogen) atoms. The molecule has 0 saturated carbocycles. The van der Waals surface area contributed by atoms with Gasteiger partial charge in [-0.25, -0.2) is 0 Å². The molecule has 0 spiro atoms. The number of para-hydroxylation sites is 1. The van der Waals surface area contributed by atoms with Gasteiger partial charge in [0.05, 0.1) is 11.3 Å². The van der Waals surface area contributed by atoms with Crippen LogP contribution in [0.5, 0.6) is 0 Å². The topological polar surface area (TPSA) is 101 Å². The van der Waals surface area contributed by atoms with Gasteiger partial charge in [-0.3, -0.25) is 14.4 Å². The Hall–Kier alpha value is -4.19. The van der Waals surface area contributed by atoms with Crippen molar-refractivity contribution < 1.29 is 14.4 Å². The molecule has 0 radical (unpaired) electrons. The zero-order chi connectivity index (χ0) is 22.7. The van der Waals surface area contributed by atoms with Gasteiger partial charge in [0, 0.05) is 13.3 Å². The Morgan fingerprint density at radius 2 is 1.41 bits per heavy atom. The average molecular weight is 425 g/mol. The summed E-state index contributed by atoms with van der Waals surface area (Å²) in [6.45, 7) is 1.37. The van der Waals surface area contributed by atoms with E-state index in [1.807, 2.05) is 48.5 Å². The Labute approximate surface area is 185 Å². The summed E-state index contributed by atoms with van der Waals surface area (Å²) in [5.41, 5.74) is 7.27. The Bertz CT molecular complexity index is 1290. The summed E-state index contributed by atoms with van der Waals surface area (Å²) in [6, 6.07) is 23.7. The molecule has 3 amide bonds. The maximum absolute atomic E-state index is 13.0. The smallest absolute Gasteiger partial charge is 0.254 e. The van der Waals surface area contributed by atoms with Gasteiger partial charge < -0.3 is 16.4 Å². The second-order valence-corrected chi connectivity index (χ2v) is 7.66. The normalized spacial score (nSPS) is 11.8. The summed E-state index contributed by atoms with van der Waals surface area (Å²) in [6.07, 6.45) is 0.241. The highest BCUT2D eigenvalue weighted by atomic mass is 16.2. The molecule has 0 aliphatic rings. The van der Waals surface area contributed by atoms with Crippen LogP contribution in [0, 0.1) is 0 Å². The summed E-state index contributed by atoms with van der Waals surface area (Å²) < 4.78 is 0. The maximum Gasteiger partial charge on any atom is 0.254 e. The van der Waals surface area contributed by atoms with Crippen LogP contribution in [0.15, 0.2) is 78.9 Å². The first kappa shape index (κ1) is 21.1. The number of rotatable bonds is 6. The first-order valence-electron chi connectivity index (χ1n) is 10.3. The number of hydrogen-bond donors (Lipinski definition) is 3. The molecule has 0 unspecified atom stereocenters. The molecule has 0 heterocycles. The minimum absolute atomic E-state index is 0.241. The number of anilines is 1. The first-order chi connectivity index (χ1) is 15.4. The van der Waals surface area contributed by atoms with Crippen LogP contribution in [0.4, 0.5) is 5.69 Å². The number of carbonyl (C=O) groups excluding carboxylic acids is 3. The van der Waals surface area contributed by atoms with Gasteiger partial charge in [0.25, 0.3) is 5.91 Å². The summed E-state index contributed by atoms with van der Waals surface area (Å²) >= 11 is 0. The lowest BCUT2D eigenvalue weighted by molar-refractivity contribution is -0.119. The molecule has 0 aromatic heterocycles. The maximum atomic E-state index is 13.0. The summed E-state index contributed by atoms with van der Waals surface area (Å²) in [5.74, 6) is -1.41. The molecule has 6 heteroatoms. The Balaban J connectivity index is 1.71. The predicted octanol–water partition coefficient (Wildman–Crippen LogP) is 3.78. The molecule has 4 aromatic carbocycles. The van der Waals surface area contributed by atoms with Crippen LogP contribution in [0.3, 0.4) is 0 Å². The molecule has 0 aliphatic heterocycles. The molecular weight excluding hydrogens is 402 g/mol. The van der Waals surface area contributed by atoms with Crippen molar-refractivity contribution in [2.24, 2.45) is 5.73 Å². The Morgan fingerprint density at radius 3 is 2.00 bits per heavy atom. The van der Waals surface area contributed by atoms with Gasteiger partial charge in [-0.2, -0.15) is 0 Å². The lowest BCUT2D eigenvalue weighted by atomic mass is 9.92. The van der Waals surface area contributed by atoms with Gasteiger partial charge in [0.15, 0.2) is 0 Å². The number of fused-ring (bicyclic) bond motifs is 2. The second-order valence-electron chi connectivity index (χ2n) is 7.66. The van der Waals surface area contributed by atoms with E-state index in [0.29, 0.717) is 5.69 Å². The van der Waals surface area contributed by atoms with Crippen molar-refractivity contribution in [3.63, 3.8) is 0 Å². The van der Waals surface area contributed by atoms with Crippen molar-refractivity contribution in [2.75, 3.05) is 5.32 Å². The fraction of sp³-hybridized carbons (Fsp3) is 0.115. The van der Waals surface area contributed by atoms with Crippen LogP contribution >= 0.6 is 0 Å². The highest BCUT2D eigenvalue weighted by molar-refractivity contribution is 6.06. The quantitative estimate of drug-likeness (QED) is 0.410. The van der Waals surface area contributed by atoms with E-state index in [1.54, 1.807) is 24.3 Å². The second kappa shape index (κ2) is 8.89. The number of nitrogens with one attached hydrogen (secondary N) is 2. The number of nitrogens with two attached hydrogens (primary N) is 1. The largest absolute Gasteiger partial charge is 0.368 e. The Kier molecular flexibility index (Phi) is 5.85. The molecule has 6 nitrogen and oxygen atoms in total. The van der Waals surface area contributed by atoms with Gasteiger partial charge in [-0.05, 0) is 45.3 Å². The van der Waals surface area contributed by atoms with Gasteiger partial charge in [0.2, 0.25) is 11.8 Å². The van der Waals surface area contributed by atoms with Crippen LogP contribution in [0.25, 0.3) is 21.5 Å². The van der Waals surface area contributed by atoms with Crippen molar-refractivity contribution in [3.05, 3.63) is 90.0 Å². The highest BCUT2D eigenvalue weighted by Crippen LogP contribution is 2.29. The molecule has 0 saturated heterocycles. The van der Waals surface area contributed by atoms with E-state index in [0.717, 1.165) is 27.1 Å². The molecule has 0 fully saturated rings. The van der Waals surface area contributed by atoms with Crippen LogP contribution in [-0.2, 0) is 16.0 Å². The predicted molar refractivity (Wildman–Crippen MR) is 126 cm³/mol. The molecule has 1 atom stereocenters. The third kappa shape index (κ3) is 4.30. The zero-order valence-electron chi connectivity index (χ0n) is 17.6. The van der Waals surface area contributed by atoms with Crippen LogP contribution in [0.1, 0.15) is 22.8 Å². The minimum Gasteiger partial charge on any atom is -0.368 e. The third-order valence-electron chi connectivity index (χ3n) is 5.42. The molecule has 4 N–H and O–H groups in total. The summed E-state index contributed by atoms with van der Waals surface area (Å²) in [7, 11) is 0. The van der Waals surface area contributed by atoms with Crippen molar-refractivity contribution in [2.45, 2.75) is 19.4 Å². The van der Waals surface area contributed by atoms with E-state index in [-0.39, 0.29) is 17.9 Å². The molecule has 160 valence electrons. The lowest BCUT2D eigenvalue weighted by Gasteiger charge is -2.19. The van der Waals surface area contributed by atoms with Crippen molar-refractivity contribution >= 4 is 45.0 Å². The number of carbonyl (C=O) groups is 3. The van der Waals surface area contributed by atoms with E-state index >= 15 is 0 Å². The van der Waals surface area contributed by atoms with Crippen LogP contribution < -0.4 is 16.4 Å². The molecule has 4 aromatic rings. The van der Waals surface area contributed by atoms with E-state index in [9.17, 15) is 14.4 Å². The number of benzene rings is 4. The van der Waals surface area contributed by atoms with E-state index < -0.39 is 17.9 Å². The zero-order valence-corrected chi connectivity index (χ0v) is 17.6. The first-order valence-corrected chi connectivity index (χ1v) is 10.3. The van der Waals surface area contributed by atoms with Gasteiger partial charge in [0.1, 0.15) is 6.04 Å². The summed E-state index contributed by atoms with van der Waals surface area (Å²) in [5, 5.41) is 9.50. The van der Waals surface area contributed by atoms with E-state index in [2.05, 4.69) is 16.7 Å². The molecule has 0 aliphatic carbocycles. The fourth-order valence-electron chi connectivity index (χ4n) is 3.97. The lowest BCUT2D eigenvalue weighted by Crippen LogP contribution is -2.46. The number of primary amides is 1. The highest BCUT2D eigenvalue weighted by Gasteiger charge is 2.23. The van der Waals surface area contributed by atoms with Crippen molar-refractivity contribution in [1.82, 2.24) is 5.32 Å². The van der Waals surface area contributed by atoms with Crippen molar-refractivity contribution in [1.29, 1.82) is 0 Å². The summed E-state index contributed by atoms with van der Waals surface area (Å²) in [4.78, 5) is 36.8.